The van der Waals surface area contributed by atoms with Crippen LogP contribution in [0.25, 0.3) is 27.2 Å². The van der Waals surface area contributed by atoms with E-state index in [1.54, 1.807) is 11.3 Å². The van der Waals surface area contributed by atoms with Gasteiger partial charge in [-0.15, -0.1) is 11.3 Å². The van der Waals surface area contributed by atoms with Gasteiger partial charge in [0.1, 0.15) is 5.65 Å². The molecule has 3 nitrogen and oxygen atoms in total. The largest absolute Gasteiger partial charge is 0.306 e. The highest BCUT2D eigenvalue weighted by molar-refractivity contribution is 7.15. The Kier molecular flexibility index (Phi) is 4.14. The van der Waals surface area contributed by atoms with Gasteiger partial charge in [-0.25, -0.2) is 9.97 Å². The molecule has 4 rings (SSSR count). The smallest absolute Gasteiger partial charge is 0.144 e. The molecule has 0 unspecified atom stereocenters. The number of fused-ring (bicyclic) bond motifs is 1. The first-order chi connectivity index (χ1) is 12.1. The Morgan fingerprint density at radius 2 is 1.96 bits per heavy atom. The zero-order valence-electron chi connectivity index (χ0n) is 14.7. The van der Waals surface area contributed by atoms with Gasteiger partial charge in [0.15, 0.2) is 0 Å². The number of benzene rings is 1. The van der Waals surface area contributed by atoms with Gasteiger partial charge in [-0.05, 0) is 30.0 Å². The third-order valence-electron chi connectivity index (χ3n) is 4.34. The maximum atomic E-state index is 4.61. The minimum atomic E-state index is 0.623. The maximum Gasteiger partial charge on any atom is 0.144 e. The molecule has 0 radical (unpaired) electrons. The molecule has 25 heavy (non-hydrogen) atoms. The van der Waals surface area contributed by atoms with Crippen LogP contribution in [0.5, 0.6) is 0 Å². The molecule has 0 aliphatic rings. The van der Waals surface area contributed by atoms with E-state index in [0.717, 1.165) is 12.1 Å². The Hall–Kier alpha value is -2.46. The van der Waals surface area contributed by atoms with Crippen LogP contribution in [0.4, 0.5) is 0 Å². The van der Waals surface area contributed by atoms with E-state index in [1.165, 1.54) is 32.1 Å². The van der Waals surface area contributed by atoms with E-state index >= 15 is 0 Å². The number of rotatable bonds is 4. The first-order valence-electron chi connectivity index (χ1n) is 8.59. The van der Waals surface area contributed by atoms with Crippen LogP contribution in [0.15, 0.2) is 55.1 Å². The number of hydrogen-bond acceptors (Lipinski definition) is 3. The second-order valence-corrected chi connectivity index (χ2v) is 7.95. The second-order valence-electron chi connectivity index (χ2n) is 6.83. The van der Waals surface area contributed by atoms with Crippen LogP contribution in [0, 0.1) is 12.8 Å². The summed E-state index contributed by atoms with van der Waals surface area (Å²) in [6.45, 7) is 6.61. The molecule has 126 valence electrons. The van der Waals surface area contributed by atoms with E-state index in [4.69, 9.17) is 0 Å². The highest BCUT2D eigenvalue weighted by Gasteiger charge is 2.13. The Morgan fingerprint density at radius 1 is 1.12 bits per heavy atom. The standard InChI is InChI=1S/C21H21N3S/c1-14(2)10-20-23-12-19(25-20)16-11-18(17-7-5-4-6-15(17)3)21-22-8-9-24(21)13-16/h4-9,11-14H,10H2,1-3H3. The minimum Gasteiger partial charge on any atom is -0.306 e. The molecule has 0 saturated carbocycles. The first-order valence-corrected chi connectivity index (χ1v) is 9.41. The normalized spacial score (nSPS) is 11.5. The highest BCUT2D eigenvalue weighted by atomic mass is 32.1. The fraction of sp³-hybridized carbons (Fsp3) is 0.238. The lowest BCUT2D eigenvalue weighted by Crippen LogP contribution is -1.92. The molecule has 0 N–H and O–H groups in total. The Balaban J connectivity index is 1.86. The summed E-state index contributed by atoms with van der Waals surface area (Å²) in [6, 6.07) is 10.7. The third-order valence-corrected chi connectivity index (χ3v) is 5.41. The summed E-state index contributed by atoms with van der Waals surface area (Å²) < 4.78 is 2.11. The van der Waals surface area contributed by atoms with Crippen LogP contribution in [-0.2, 0) is 6.42 Å². The molecule has 0 bridgehead atoms. The lowest BCUT2D eigenvalue weighted by atomic mass is 10.00. The summed E-state index contributed by atoms with van der Waals surface area (Å²) >= 11 is 1.79. The average Bonchev–Trinajstić information content (AvgIpc) is 3.23. The monoisotopic (exact) mass is 347 g/mol. The molecule has 3 aromatic heterocycles. The van der Waals surface area contributed by atoms with E-state index in [1.807, 2.05) is 18.6 Å². The van der Waals surface area contributed by atoms with Crippen molar-refractivity contribution in [3.63, 3.8) is 0 Å². The number of aromatic nitrogens is 3. The van der Waals surface area contributed by atoms with Gasteiger partial charge in [0.25, 0.3) is 0 Å². The topological polar surface area (TPSA) is 30.2 Å². The summed E-state index contributed by atoms with van der Waals surface area (Å²) in [5.41, 5.74) is 5.84. The van der Waals surface area contributed by atoms with Gasteiger partial charge in [-0.1, -0.05) is 38.1 Å². The van der Waals surface area contributed by atoms with Crippen molar-refractivity contribution in [3.8, 4) is 21.6 Å². The van der Waals surface area contributed by atoms with Crippen molar-refractivity contribution in [3.05, 3.63) is 65.7 Å². The third kappa shape index (κ3) is 3.10. The van der Waals surface area contributed by atoms with Gasteiger partial charge in [0.2, 0.25) is 0 Å². The molecule has 0 spiro atoms. The van der Waals surface area contributed by atoms with E-state index in [0.29, 0.717) is 5.92 Å². The van der Waals surface area contributed by atoms with Crippen molar-refractivity contribution in [1.82, 2.24) is 14.4 Å². The van der Waals surface area contributed by atoms with Crippen LogP contribution in [0.3, 0.4) is 0 Å². The van der Waals surface area contributed by atoms with E-state index < -0.39 is 0 Å². The Morgan fingerprint density at radius 3 is 2.76 bits per heavy atom. The predicted molar refractivity (Wildman–Crippen MR) is 105 cm³/mol. The zero-order chi connectivity index (χ0) is 17.4. The van der Waals surface area contributed by atoms with Crippen LogP contribution in [0.1, 0.15) is 24.4 Å². The predicted octanol–water partition coefficient (Wildman–Crippen LogP) is 5.63. The molecule has 0 aliphatic heterocycles. The summed E-state index contributed by atoms with van der Waals surface area (Å²) in [5, 5.41) is 1.20. The summed E-state index contributed by atoms with van der Waals surface area (Å²) in [4.78, 5) is 10.4. The molecule has 1 aromatic carbocycles. The lowest BCUT2D eigenvalue weighted by molar-refractivity contribution is 0.644. The molecule has 4 aromatic rings. The maximum absolute atomic E-state index is 4.61. The van der Waals surface area contributed by atoms with E-state index in [-0.39, 0.29) is 0 Å². The van der Waals surface area contributed by atoms with Crippen molar-refractivity contribution in [1.29, 1.82) is 0 Å². The van der Waals surface area contributed by atoms with Gasteiger partial charge in [0, 0.05) is 42.3 Å². The molecule has 0 fully saturated rings. The van der Waals surface area contributed by atoms with Crippen molar-refractivity contribution < 1.29 is 0 Å². The molecule has 0 amide bonds. The molecular weight excluding hydrogens is 326 g/mol. The van der Waals surface area contributed by atoms with Crippen LogP contribution < -0.4 is 0 Å². The van der Waals surface area contributed by atoms with E-state index in [9.17, 15) is 0 Å². The van der Waals surface area contributed by atoms with Crippen LogP contribution in [0.2, 0.25) is 0 Å². The van der Waals surface area contributed by atoms with Gasteiger partial charge < -0.3 is 4.40 Å². The molecule has 4 heteroatoms. The number of nitrogens with zero attached hydrogens (tertiary/aromatic N) is 3. The van der Waals surface area contributed by atoms with Crippen molar-refractivity contribution in [2.24, 2.45) is 5.92 Å². The van der Waals surface area contributed by atoms with Crippen LogP contribution in [-0.4, -0.2) is 14.4 Å². The first kappa shape index (κ1) is 16.0. The summed E-state index contributed by atoms with van der Waals surface area (Å²) in [5.74, 6) is 0.623. The van der Waals surface area contributed by atoms with E-state index in [2.05, 4.69) is 71.7 Å². The Bertz CT molecular complexity index is 1030. The number of hydrogen-bond donors (Lipinski definition) is 0. The quantitative estimate of drug-likeness (QED) is 0.479. The SMILES string of the molecule is Cc1ccccc1-c1cc(-c2cnc(CC(C)C)s2)cn2ccnc12. The van der Waals surface area contributed by atoms with Crippen LogP contribution >= 0.6 is 11.3 Å². The summed E-state index contributed by atoms with van der Waals surface area (Å²) in [6.07, 6.45) is 9.05. The lowest BCUT2D eigenvalue weighted by Gasteiger charge is -2.10. The number of imidazole rings is 1. The highest BCUT2D eigenvalue weighted by Crippen LogP contribution is 2.34. The molecular formula is C21H21N3S. The van der Waals surface area contributed by atoms with Crippen molar-refractivity contribution >= 4 is 17.0 Å². The second kappa shape index (κ2) is 6.45. The zero-order valence-corrected chi connectivity index (χ0v) is 15.5. The molecule has 0 saturated heterocycles. The van der Waals surface area contributed by atoms with Crippen molar-refractivity contribution in [2.75, 3.05) is 0 Å². The van der Waals surface area contributed by atoms with Gasteiger partial charge in [-0.3, -0.25) is 0 Å². The van der Waals surface area contributed by atoms with Gasteiger partial charge >= 0.3 is 0 Å². The Labute approximate surface area is 152 Å². The molecule has 0 atom stereocenters. The average molecular weight is 347 g/mol. The van der Waals surface area contributed by atoms with Crippen molar-refractivity contribution in [2.45, 2.75) is 27.2 Å². The molecule has 3 heterocycles. The number of pyridine rings is 1. The van der Waals surface area contributed by atoms with Gasteiger partial charge in [0.05, 0.1) is 9.88 Å². The summed E-state index contributed by atoms with van der Waals surface area (Å²) in [7, 11) is 0. The fourth-order valence-electron chi connectivity index (χ4n) is 3.13. The minimum absolute atomic E-state index is 0.623. The number of aryl methyl sites for hydroxylation is 1. The molecule has 0 aliphatic carbocycles. The fourth-order valence-corrected chi connectivity index (χ4v) is 4.24. The number of thiazole rings is 1. The van der Waals surface area contributed by atoms with Gasteiger partial charge in [-0.2, -0.15) is 0 Å².